The molecule has 7 nitrogen and oxygen atoms in total. The van der Waals surface area contributed by atoms with Crippen molar-refractivity contribution in [1.29, 1.82) is 0 Å². The third kappa shape index (κ3) is 4.11. The highest BCUT2D eigenvalue weighted by Crippen LogP contribution is 2.48. The Balaban J connectivity index is 2.28. The number of carbonyl (C=O) groups excluding carboxylic acids is 1. The standard InChI is InChI=1S/C23H25NO6/c1-27-20-13-16(14-26)21(23(29-3)22(20)28-2)17-12-15(19-6-4-11-30-19)7-8-18(17)24-9-5-10-25/h4,6-8,11-14,24-25H,5,9-10H2,1-3H3. The summed E-state index contributed by atoms with van der Waals surface area (Å²) in [5.41, 5.74) is 3.34. The fourth-order valence-electron chi connectivity index (χ4n) is 3.35. The van der Waals surface area contributed by atoms with Crippen LogP contribution < -0.4 is 19.5 Å². The van der Waals surface area contributed by atoms with E-state index in [1.165, 1.54) is 21.3 Å². The van der Waals surface area contributed by atoms with Gasteiger partial charge in [0, 0.05) is 41.1 Å². The van der Waals surface area contributed by atoms with Crippen LogP contribution in [0.3, 0.4) is 0 Å². The number of nitrogens with one attached hydrogen (secondary N) is 1. The lowest BCUT2D eigenvalue weighted by molar-refractivity contribution is 0.112. The van der Waals surface area contributed by atoms with E-state index in [0.717, 1.165) is 23.1 Å². The van der Waals surface area contributed by atoms with E-state index >= 15 is 0 Å². The number of rotatable bonds is 10. The van der Waals surface area contributed by atoms with Crippen molar-refractivity contribution in [3.63, 3.8) is 0 Å². The van der Waals surface area contributed by atoms with Crippen molar-refractivity contribution in [2.24, 2.45) is 0 Å². The molecule has 1 heterocycles. The molecule has 0 saturated carbocycles. The van der Waals surface area contributed by atoms with Crippen LogP contribution in [-0.2, 0) is 0 Å². The Morgan fingerprint density at radius 3 is 2.47 bits per heavy atom. The molecule has 0 aliphatic heterocycles. The molecule has 2 aromatic carbocycles. The fraction of sp³-hybridized carbons (Fsp3) is 0.261. The lowest BCUT2D eigenvalue weighted by atomic mass is 9.94. The van der Waals surface area contributed by atoms with Gasteiger partial charge in [0.25, 0.3) is 0 Å². The monoisotopic (exact) mass is 411 g/mol. The van der Waals surface area contributed by atoms with E-state index in [2.05, 4.69) is 5.32 Å². The number of furan rings is 1. The van der Waals surface area contributed by atoms with Crippen LogP contribution in [0.4, 0.5) is 5.69 Å². The largest absolute Gasteiger partial charge is 0.493 e. The molecule has 0 atom stereocenters. The fourth-order valence-corrected chi connectivity index (χ4v) is 3.35. The van der Waals surface area contributed by atoms with Crippen LogP contribution in [0.2, 0.25) is 0 Å². The number of aliphatic hydroxyl groups is 1. The quantitative estimate of drug-likeness (QED) is 0.381. The summed E-state index contributed by atoms with van der Waals surface area (Å²) in [6.45, 7) is 0.641. The summed E-state index contributed by atoms with van der Waals surface area (Å²) in [6.07, 6.45) is 2.95. The van der Waals surface area contributed by atoms with Gasteiger partial charge in [-0.2, -0.15) is 0 Å². The van der Waals surface area contributed by atoms with Gasteiger partial charge in [0.05, 0.1) is 27.6 Å². The van der Waals surface area contributed by atoms with Gasteiger partial charge in [-0.25, -0.2) is 0 Å². The van der Waals surface area contributed by atoms with E-state index < -0.39 is 0 Å². The first-order valence-electron chi connectivity index (χ1n) is 9.49. The van der Waals surface area contributed by atoms with Crippen molar-refractivity contribution >= 4 is 12.0 Å². The molecule has 30 heavy (non-hydrogen) atoms. The number of carbonyl (C=O) groups is 1. The molecule has 0 saturated heterocycles. The van der Waals surface area contributed by atoms with E-state index in [4.69, 9.17) is 23.7 Å². The molecule has 0 aliphatic rings. The molecule has 0 radical (unpaired) electrons. The predicted octanol–water partition coefficient (Wildman–Crippen LogP) is 4.25. The van der Waals surface area contributed by atoms with E-state index in [0.29, 0.717) is 47.1 Å². The zero-order valence-electron chi connectivity index (χ0n) is 17.2. The molecule has 3 rings (SSSR count). The van der Waals surface area contributed by atoms with Crippen LogP contribution in [0.1, 0.15) is 16.8 Å². The van der Waals surface area contributed by atoms with Gasteiger partial charge >= 0.3 is 0 Å². The SMILES string of the molecule is COc1cc(C=O)c(-c2cc(-c3ccco3)ccc2NCCCO)c(OC)c1OC. The first kappa shape index (κ1) is 21.3. The first-order chi connectivity index (χ1) is 14.7. The average molecular weight is 411 g/mol. The van der Waals surface area contributed by atoms with Crippen molar-refractivity contribution in [3.8, 4) is 39.7 Å². The lowest BCUT2D eigenvalue weighted by Crippen LogP contribution is -2.06. The minimum absolute atomic E-state index is 0.0755. The van der Waals surface area contributed by atoms with Crippen molar-refractivity contribution in [2.75, 3.05) is 39.8 Å². The van der Waals surface area contributed by atoms with Gasteiger partial charge in [-0.3, -0.25) is 4.79 Å². The van der Waals surface area contributed by atoms with Crippen molar-refractivity contribution in [1.82, 2.24) is 0 Å². The van der Waals surface area contributed by atoms with E-state index in [1.54, 1.807) is 12.3 Å². The summed E-state index contributed by atoms with van der Waals surface area (Å²) >= 11 is 0. The van der Waals surface area contributed by atoms with Crippen molar-refractivity contribution < 1.29 is 28.5 Å². The number of aliphatic hydroxyl groups excluding tert-OH is 1. The molecular formula is C23H25NO6. The smallest absolute Gasteiger partial charge is 0.203 e. The van der Waals surface area contributed by atoms with Crippen molar-refractivity contribution in [2.45, 2.75) is 6.42 Å². The number of aldehydes is 1. The molecule has 0 bridgehead atoms. The number of anilines is 1. The highest BCUT2D eigenvalue weighted by molar-refractivity contribution is 5.98. The van der Waals surface area contributed by atoms with Crippen LogP contribution in [0.25, 0.3) is 22.5 Å². The van der Waals surface area contributed by atoms with Gasteiger partial charge in [-0.15, -0.1) is 0 Å². The van der Waals surface area contributed by atoms with Gasteiger partial charge < -0.3 is 29.1 Å². The average Bonchev–Trinajstić information content (AvgIpc) is 3.32. The van der Waals surface area contributed by atoms with Crippen molar-refractivity contribution in [3.05, 3.63) is 48.2 Å². The summed E-state index contributed by atoms with van der Waals surface area (Å²) in [7, 11) is 4.54. The van der Waals surface area contributed by atoms with Gasteiger partial charge in [0.15, 0.2) is 17.8 Å². The summed E-state index contributed by atoms with van der Waals surface area (Å²) in [5.74, 6) is 1.88. The maximum absolute atomic E-state index is 12.0. The molecule has 2 N–H and O–H groups in total. The highest BCUT2D eigenvalue weighted by atomic mass is 16.5. The lowest BCUT2D eigenvalue weighted by Gasteiger charge is -2.20. The van der Waals surface area contributed by atoms with Gasteiger partial charge in [0.1, 0.15) is 5.76 Å². The Morgan fingerprint density at radius 1 is 1.07 bits per heavy atom. The number of hydrogen-bond acceptors (Lipinski definition) is 7. The molecule has 0 spiro atoms. The highest BCUT2D eigenvalue weighted by Gasteiger charge is 2.24. The summed E-state index contributed by atoms with van der Waals surface area (Å²) in [6, 6.07) is 11.1. The Hall–Kier alpha value is -3.45. The minimum atomic E-state index is 0.0755. The maximum atomic E-state index is 12.0. The second-order valence-electron chi connectivity index (χ2n) is 6.47. The van der Waals surface area contributed by atoms with E-state index in [-0.39, 0.29) is 6.61 Å². The summed E-state index contributed by atoms with van der Waals surface area (Å²) in [4.78, 5) is 12.0. The van der Waals surface area contributed by atoms with Gasteiger partial charge in [-0.05, 0) is 42.8 Å². The second-order valence-corrected chi connectivity index (χ2v) is 6.47. The topological polar surface area (TPSA) is 90.2 Å². The van der Waals surface area contributed by atoms with Crippen LogP contribution in [0.5, 0.6) is 17.2 Å². The zero-order chi connectivity index (χ0) is 21.5. The molecular weight excluding hydrogens is 386 g/mol. The van der Waals surface area contributed by atoms with Crippen LogP contribution >= 0.6 is 0 Å². The minimum Gasteiger partial charge on any atom is -0.493 e. The Morgan fingerprint density at radius 2 is 1.87 bits per heavy atom. The van der Waals surface area contributed by atoms with Crippen LogP contribution in [0.15, 0.2) is 47.1 Å². The van der Waals surface area contributed by atoms with Crippen LogP contribution in [0, 0.1) is 0 Å². The second kappa shape index (κ2) is 9.84. The molecule has 1 aromatic heterocycles. The summed E-state index contributed by atoms with van der Waals surface area (Å²) < 4.78 is 22.1. The third-order valence-corrected chi connectivity index (χ3v) is 4.73. The third-order valence-electron chi connectivity index (χ3n) is 4.73. The number of methoxy groups -OCH3 is 3. The molecule has 0 unspecified atom stereocenters. The van der Waals surface area contributed by atoms with E-state index in [1.807, 2.05) is 30.3 Å². The molecule has 0 fully saturated rings. The Labute approximate surface area is 175 Å². The molecule has 7 heteroatoms. The molecule has 158 valence electrons. The zero-order valence-corrected chi connectivity index (χ0v) is 17.2. The van der Waals surface area contributed by atoms with Gasteiger partial charge in [0.2, 0.25) is 5.75 Å². The Bertz CT molecular complexity index is 997. The number of ether oxygens (including phenoxy) is 3. The predicted molar refractivity (Wildman–Crippen MR) is 115 cm³/mol. The summed E-state index contributed by atoms with van der Waals surface area (Å²) in [5, 5.41) is 12.5. The molecule has 0 amide bonds. The number of benzene rings is 2. The molecule has 0 aliphatic carbocycles. The van der Waals surface area contributed by atoms with Crippen LogP contribution in [-0.4, -0.2) is 45.9 Å². The molecule has 3 aromatic rings. The maximum Gasteiger partial charge on any atom is 0.203 e. The van der Waals surface area contributed by atoms with Gasteiger partial charge in [-0.1, -0.05) is 0 Å². The number of hydrogen-bond donors (Lipinski definition) is 2. The first-order valence-corrected chi connectivity index (χ1v) is 9.49. The Kier molecular flexibility index (Phi) is 6.98. The van der Waals surface area contributed by atoms with E-state index in [9.17, 15) is 4.79 Å². The normalized spacial score (nSPS) is 10.5.